The molecular formula is C55H59N. The topological polar surface area (TPSA) is 3.24 Å². The first-order chi connectivity index (χ1) is 26.7. The smallest absolute Gasteiger partial charge is 0.0542 e. The van der Waals surface area contributed by atoms with Gasteiger partial charge < -0.3 is 4.90 Å². The molecule has 0 radical (unpaired) electrons. The highest BCUT2D eigenvalue weighted by Crippen LogP contribution is 2.54. The lowest BCUT2D eigenvalue weighted by molar-refractivity contribution is 0.443. The second-order valence-corrected chi connectivity index (χ2v) is 19.5. The first kappa shape index (κ1) is 36.7. The molecule has 0 aliphatic heterocycles. The van der Waals surface area contributed by atoms with Crippen LogP contribution < -0.4 is 4.90 Å². The van der Waals surface area contributed by atoms with Crippen LogP contribution in [0.15, 0.2) is 121 Å². The van der Waals surface area contributed by atoms with E-state index in [2.05, 4.69) is 189 Å². The molecule has 6 aromatic carbocycles. The Labute approximate surface area is 336 Å². The van der Waals surface area contributed by atoms with E-state index in [1.54, 1.807) is 0 Å². The maximum atomic E-state index is 2.58. The monoisotopic (exact) mass is 733 g/mol. The van der Waals surface area contributed by atoms with Gasteiger partial charge in [-0.3, -0.25) is 0 Å². The van der Waals surface area contributed by atoms with E-state index in [-0.39, 0.29) is 16.2 Å². The molecule has 0 amide bonds. The van der Waals surface area contributed by atoms with Gasteiger partial charge in [-0.15, -0.1) is 0 Å². The van der Waals surface area contributed by atoms with Crippen molar-refractivity contribution < 1.29 is 0 Å². The molecule has 0 heterocycles. The normalized spacial score (nSPS) is 16.7. The summed E-state index contributed by atoms with van der Waals surface area (Å²) in [6.07, 6.45) is 6.72. The van der Waals surface area contributed by atoms with Crippen molar-refractivity contribution in [3.63, 3.8) is 0 Å². The highest BCUT2D eigenvalue weighted by molar-refractivity contribution is 5.92. The Balaban J connectivity index is 1.24. The molecule has 56 heavy (non-hydrogen) atoms. The Morgan fingerprint density at radius 1 is 0.536 bits per heavy atom. The largest absolute Gasteiger partial charge is 0.310 e. The third kappa shape index (κ3) is 5.96. The van der Waals surface area contributed by atoms with Crippen LogP contribution in [0.4, 0.5) is 17.1 Å². The lowest BCUT2D eigenvalue weighted by Crippen LogP contribution is -2.19. The molecule has 0 aromatic heterocycles. The predicted molar refractivity (Wildman–Crippen MR) is 240 cm³/mol. The van der Waals surface area contributed by atoms with Crippen LogP contribution in [-0.2, 0) is 16.2 Å². The highest BCUT2D eigenvalue weighted by atomic mass is 15.1. The van der Waals surface area contributed by atoms with Gasteiger partial charge in [-0.1, -0.05) is 173 Å². The molecule has 3 aliphatic carbocycles. The van der Waals surface area contributed by atoms with Gasteiger partial charge in [0, 0.05) is 27.8 Å². The molecular weight excluding hydrogens is 675 g/mol. The molecule has 0 saturated heterocycles. The van der Waals surface area contributed by atoms with Crippen LogP contribution in [0.25, 0.3) is 33.4 Å². The maximum Gasteiger partial charge on any atom is 0.0542 e. The van der Waals surface area contributed by atoms with E-state index >= 15 is 0 Å². The molecule has 0 atom stereocenters. The van der Waals surface area contributed by atoms with Crippen molar-refractivity contribution in [2.45, 2.75) is 122 Å². The average Bonchev–Trinajstić information content (AvgIpc) is 3.57. The lowest BCUT2D eigenvalue weighted by atomic mass is 9.79. The fourth-order valence-electron chi connectivity index (χ4n) is 10.3. The number of hydrogen-bond acceptors (Lipinski definition) is 1. The summed E-state index contributed by atoms with van der Waals surface area (Å²) in [5.41, 5.74) is 21.4. The molecule has 0 unspecified atom stereocenters. The quantitative estimate of drug-likeness (QED) is 0.165. The molecule has 9 rings (SSSR count). The van der Waals surface area contributed by atoms with Crippen LogP contribution >= 0.6 is 0 Å². The molecule has 1 fully saturated rings. The Morgan fingerprint density at radius 2 is 1.07 bits per heavy atom. The Bertz CT molecular complexity index is 2460. The molecule has 1 heteroatoms. The zero-order valence-corrected chi connectivity index (χ0v) is 35.2. The van der Waals surface area contributed by atoms with E-state index in [1.807, 2.05) is 0 Å². The van der Waals surface area contributed by atoms with Crippen LogP contribution in [-0.4, -0.2) is 0 Å². The van der Waals surface area contributed by atoms with Gasteiger partial charge in [-0.05, 0) is 127 Å². The third-order valence-electron chi connectivity index (χ3n) is 13.8. The molecule has 0 N–H and O–H groups in total. The lowest BCUT2D eigenvalue weighted by Gasteiger charge is -2.32. The summed E-state index contributed by atoms with van der Waals surface area (Å²) < 4.78 is 0. The van der Waals surface area contributed by atoms with E-state index in [0.717, 1.165) is 0 Å². The van der Waals surface area contributed by atoms with E-state index in [0.29, 0.717) is 11.8 Å². The molecule has 1 saturated carbocycles. The first-order valence-corrected chi connectivity index (χ1v) is 21.3. The van der Waals surface area contributed by atoms with Gasteiger partial charge in [-0.25, -0.2) is 0 Å². The van der Waals surface area contributed by atoms with Crippen molar-refractivity contribution in [3.05, 3.63) is 160 Å². The van der Waals surface area contributed by atoms with Crippen LogP contribution in [0.5, 0.6) is 0 Å². The second-order valence-electron chi connectivity index (χ2n) is 19.5. The second kappa shape index (κ2) is 13.4. The number of hydrogen-bond donors (Lipinski definition) is 0. The van der Waals surface area contributed by atoms with Crippen molar-refractivity contribution in [1.82, 2.24) is 0 Å². The Hall–Kier alpha value is -4.88. The van der Waals surface area contributed by atoms with E-state index in [4.69, 9.17) is 0 Å². The Morgan fingerprint density at radius 3 is 1.68 bits per heavy atom. The minimum atomic E-state index is -0.132. The Kier molecular flexibility index (Phi) is 8.77. The van der Waals surface area contributed by atoms with Crippen LogP contribution in [0.2, 0.25) is 0 Å². The zero-order chi connectivity index (χ0) is 39.1. The van der Waals surface area contributed by atoms with Gasteiger partial charge in [0.1, 0.15) is 0 Å². The van der Waals surface area contributed by atoms with Gasteiger partial charge in [-0.2, -0.15) is 0 Å². The van der Waals surface area contributed by atoms with Crippen LogP contribution in [0.3, 0.4) is 0 Å². The van der Waals surface area contributed by atoms with E-state index < -0.39 is 0 Å². The fourth-order valence-corrected chi connectivity index (χ4v) is 10.3. The number of nitrogens with zero attached hydrogens (tertiary/aromatic N) is 1. The summed E-state index contributed by atoms with van der Waals surface area (Å²) in [4.78, 5) is 2.58. The van der Waals surface area contributed by atoms with Crippen molar-refractivity contribution >= 4 is 17.1 Å². The summed E-state index contributed by atoms with van der Waals surface area (Å²) in [6.45, 7) is 21.2. The SMILES string of the molecule is CC(C)c1ccc(-c2ccc(C3CCCCC3)cc2)c(N(c2ccc3c(c2)C(C)(C)c2ccccc2-3)c2ccc3c(c2)C(C)(C)c2cc(C(C)(C)C)ccc2-3)c1. The van der Waals surface area contributed by atoms with Crippen molar-refractivity contribution in [2.24, 2.45) is 0 Å². The number of benzene rings is 6. The summed E-state index contributed by atoms with van der Waals surface area (Å²) in [6, 6.07) is 47.6. The highest BCUT2D eigenvalue weighted by Gasteiger charge is 2.38. The van der Waals surface area contributed by atoms with Gasteiger partial charge in [0.15, 0.2) is 0 Å². The van der Waals surface area contributed by atoms with Gasteiger partial charge in [0.25, 0.3) is 0 Å². The van der Waals surface area contributed by atoms with Gasteiger partial charge in [0.2, 0.25) is 0 Å². The maximum absolute atomic E-state index is 2.58. The van der Waals surface area contributed by atoms with Crippen molar-refractivity contribution in [2.75, 3.05) is 4.90 Å². The standard InChI is InChI=1S/C55H59N/c1-35(2)39-23-27-43(38-21-19-37(20-22-38)36-15-11-10-12-16-36)52(31-39)56(41-25-29-46-44-17-13-14-18-48(44)54(6,7)50(46)33-41)42-26-30-47-45-28-24-40(53(3,4)5)32-49(45)55(8,9)51(47)34-42/h13-14,17-36H,10-12,15-16H2,1-9H3. The molecule has 284 valence electrons. The van der Waals surface area contributed by atoms with Gasteiger partial charge >= 0.3 is 0 Å². The number of rotatable bonds is 6. The fraction of sp³-hybridized carbons (Fsp3) is 0.345. The summed E-state index contributed by atoms with van der Waals surface area (Å²) >= 11 is 0. The molecule has 6 aromatic rings. The van der Waals surface area contributed by atoms with Crippen molar-refractivity contribution in [1.29, 1.82) is 0 Å². The molecule has 1 nitrogen and oxygen atoms in total. The average molecular weight is 734 g/mol. The molecule has 3 aliphatic rings. The van der Waals surface area contributed by atoms with Crippen LogP contribution in [0, 0.1) is 0 Å². The summed E-state index contributed by atoms with van der Waals surface area (Å²) in [7, 11) is 0. The summed E-state index contributed by atoms with van der Waals surface area (Å²) in [5, 5.41) is 0. The first-order valence-electron chi connectivity index (χ1n) is 21.3. The third-order valence-corrected chi connectivity index (χ3v) is 13.8. The predicted octanol–water partition coefficient (Wildman–Crippen LogP) is 15.9. The van der Waals surface area contributed by atoms with Crippen LogP contribution in [0.1, 0.15) is 145 Å². The zero-order valence-electron chi connectivity index (χ0n) is 35.2. The van der Waals surface area contributed by atoms with Crippen molar-refractivity contribution in [3.8, 4) is 33.4 Å². The minimum Gasteiger partial charge on any atom is -0.310 e. The van der Waals surface area contributed by atoms with E-state index in [9.17, 15) is 0 Å². The van der Waals surface area contributed by atoms with E-state index in [1.165, 1.54) is 121 Å². The van der Waals surface area contributed by atoms with Gasteiger partial charge in [0.05, 0.1) is 5.69 Å². The molecule has 0 bridgehead atoms. The number of fused-ring (bicyclic) bond motifs is 6. The summed E-state index contributed by atoms with van der Waals surface area (Å²) in [5.74, 6) is 1.09. The minimum absolute atomic E-state index is 0.0925. The molecule has 0 spiro atoms. The number of anilines is 3.